The van der Waals surface area contributed by atoms with Crippen LogP contribution in [0.1, 0.15) is 20.3 Å². The maximum absolute atomic E-state index is 5.83. The third-order valence-corrected chi connectivity index (χ3v) is 3.82. The second kappa shape index (κ2) is 2.57. The van der Waals surface area contributed by atoms with Crippen molar-refractivity contribution in [2.24, 2.45) is 0 Å². The largest absolute Gasteiger partial charge is 0.343 e. The molecule has 0 aromatic heterocycles. The molecule has 1 aliphatic carbocycles. The molecule has 0 N–H and O–H groups in total. The average Bonchev–Trinajstić information content (AvgIpc) is 2.56. The van der Waals surface area contributed by atoms with Crippen molar-refractivity contribution in [1.29, 1.82) is 0 Å². The maximum atomic E-state index is 5.83. The first-order chi connectivity index (χ1) is 6.07. The van der Waals surface area contributed by atoms with Crippen LogP contribution in [0.2, 0.25) is 0 Å². The number of ether oxygens (including phenoxy) is 2. The summed E-state index contributed by atoms with van der Waals surface area (Å²) in [7, 11) is 0. The Bertz CT molecular complexity index is 248. The Balaban J connectivity index is 1.87. The van der Waals surface area contributed by atoms with Gasteiger partial charge in [-0.25, -0.2) is 0 Å². The lowest BCUT2D eigenvalue weighted by Crippen LogP contribution is -2.42. The van der Waals surface area contributed by atoms with Crippen LogP contribution < -0.4 is 0 Å². The first-order valence-corrected chi connectivity index (χ1v) is 5.51. The molecule has 74 valence electrons. The number of hydrogen-bond acceptors (Lipinski definition) is 4. The molecule has 1 saturated carbocycles. The highest BCUT2D eigenvalue weighted by Gasteiger charge is 2.60. The molecule has 4 nitrogen and oxygen atoms in total. The van der Waals surface area contributed by atoms with Crippen LogP contribution in [0.25, 0.3) is 0 Å². The third kappa shape index (κ3) is 1.18. The van der Waals surface area contributed by atoms with Crippen molar-refractivity contribution in [2.75, 3.05) is 0 Å². The van der Waals surface area contributed by atoms with E-state index in [1.54, 1.807) is 0 Å². The van der Waals surface area contributed by atoms with Crippen LogP contribution in [0.5, 0.6) is 0 Å². The van der Waals surface area contributed by atoms with Crippen molar-refractivity contribution < 1.29 is 14.3 Å². The Labute approximate surface area is 90.9 Å². The van der Waals surface area contributed by atoms with E-state index in [4.69, 9.17) is 14.3 Å². The van der Waals surface area contributed by atoms with E-state index in [1.807, 2.05) is 17.1 Å². The Morgan fingerprint density at radius 3 is 2.77 bits per heavy atom. The maximum Gasteiger partial charge on any atom is 0.163 e. The molecule has 2 saturated heterocycles. The lowest BCUT2D eigenvalue weighted by Gasteiger charge is -2.27. The van der Waals surface area contributed by atoms with Crippen molar-refractivity contribution in [3.8, 4) is 0 Å². The summed E-state index contributed by atoms with van der Waals surface area (Å²) in [6.45, 7) is 3.92. The van der Waals surface area contributed by atoms with Gasteiger partial charge in [-0.3, -0.25) is 4.84 Å². The molecule has 2 heterocycles. The van der Waals surface area contributed by atoms with Crippen molar-refractivity contribution in [3.63, 3.8) is 0 Å². The van der Waals surface area contributed by atoms with Crippen molar-refractivity contribution >= 4 is 22.9 Å². The normalized spacial score (nSPS) is 52.8. The van der Waals surface area contributed by atoms with E-state index in [2.05, 4.69) is 22.9 Å². The Kier molecular flexibility index (Phi) is 1.75. The van der Waals surface area contributed by atoms with Crippen LogP contribution in [-0.2, 0) is 14.3 Å². The minimum Gasteiger partial charge on any atom is -0.343 e. The number of halogens is 1. The molecule has 0 amide bonds. The van der Waals surface area contributed by atoms with E-state index in [9.17, 15) is 0 Å². The molecule has 0 spiro atoms. The minimum atomic E-state index is -0.433. The summed E-state index contributed by atoms with van der Waals surface area (Å²) in [6.07, 6.45) is 1.58. The number of rotatable bonds is 0. The molecule has 0 unspecified atom stereocenters. The summed E-state index contributed by atoms with van der Waals surface area (Å²) in [6, 6.07) is 0.373. The first kappa shape index (κ1) is 8.84. The van der Waals surface area contributed by atoms with Gasteiger partial charge in [-0.1, -0.05) is 0 Å². The van der Waals surface area contributed by atoms with Gasteiger partial charge in [0.15, 0.2) is 5.79 Å². The van der Waals surface area contributed by atoms with E-state index >= 15 is 0 Å². The topological polar surface area (TPSA) is 30.9 Å². The molecule has 0 aromatic rings. The molecule has 2 aliphatic heterocycles. The van der Waals surface area contributed by atoms with Gasteiger partial charge < -0.3 is 9.47 Å². The highest BCUT2D eigenvalue weighted by Crippen LogP contribution is 2.47. The van der Waals surface area contributed by atoms with Gasteiger partial charge in [0, 0.05) is 22.9 Å². The average molecular weight is 297 g/mol. The molecule has 0 aromatic carbocycles. The van der Waals surface area contributed by atoms with Crippen LogP contribution in [0.4, 0.5) is 0 Å². The fourth-order valence-corrected chi connectivity index (χ4v) is 3.25. The molecule has 0 radical (unpaired) electrons. The second-order valence-electron chi connectivity index (χ2n) is 4.28. The molecule has 13 heavy (non-hydrogen) atoms. The fourth-order valence-electron chi connectivity index (χ4n) is 2.42. The lowest BCUT2D eigenvalue weighted by molar-refractivity contribution is -0.163. The summed E-state index contributed by atoms with van der Waals surface area (Å²) < 4.78 is 13.5. The number of fused-ring (bicyclic) bond motifs is 5. The van der Waals surface area contributed by atoms with Crippen molar-refractivity contribution in [3.05, 3.63) is 0 Å². The van der Waals surface area contributed by atoms with Gasteiger partial charge in [0.05, 0.1) is 6.04 Å². The Morgan fingerprint density at radius 2 is 2.00 bits per heavy atom. The van der Waals surface area contributed by atoms with Crippen molar-refractivity contribution in [2.45, 2.75) is 50.4 Å². The van der Waals surface area contributed by atoms with E-state index in [1.165, 1.54) is 0 Å². The number of hydrogen-bond donors (Lipinski definition) is 0. The first-order valence-electron chi connectivity index (χ1n) is 4.54. The van der Waals surface area contributed by atoms with Crippen molar-refractivity contribution in [1.82, 2.24) is 3.28 Å². The van der Waals surface area contributed by atoms with Gasteiger partial charge >= 0.3 is 0 Å². The van der Waals surface area contributed by atoms with Crippen LogP contribution in [0.3, 0.4) is 0 Å². The highest BCUT2D eigenvalue weighted by atomic mass is 127. The molecule has 4 atom stereocenters. The standard InChI is InChI=1S/C8H12INO3/c1-8(2)11-6-4-3-5(7(6)12-8)13-10(4)9/h4-7H,3H2,1-2H3/t4-,5+,6+,7-/m1/s1. The van der Waals surface area contributed by atoms with E-state index < -0.39 is 5.79 Å². The Hall–Kier alpha value is 0.570. The van der Waals surface area contributed by atoms with Crippen LogP contribution in [0, 0.1) is 0 Å². The number of hydroxylamine groups is 1. The van der Waals surface area contributed by atoms with Crippen LogP contribution >= 0.6 is 22.9 Å². The summed E-state index contributed by atoms with van der Waals surface area (Å²) >= 11 is 2.19. The smallest absolute Gasteiger partial charge is 0.163 e. The summed E-state index contributed by atoms with van der Waals surface area (Å²) in [5, 5.41) is 0. The SMILES string of the molecule is CC1(C)O[C@@H]2[C@H](O1)[C@@H]1C[C@H]2N(I)O1. The second-order valence-corrected chi connectivity index (χ2v) is 5.23. The summed E-state index contributed by atoms with van der Waals surface area (Å²) in [4.78, 5) is 5.58. The monoisotopic (exact) mass is 297 g/mol. The van der Waals surface area contributed by atoms with Gasteiger partial charge in [0.1, 0.15) is 18.3 Å². The van der Waals surface area contributed by atoms with E-state index in [0.29, 0.717) is 6.04 Å². The zero-order chi connectivity index (χ0) is 9.22. The van der Waals surface area contributed by atoms with Gasteiger partial charge in [0.2, 0.25) is 0 Å². The molecule has 3 rings (SSSR count). The molecule has 5 heteroatoms. The predicted octanol–water partition coefficient (Wildman–Crippen LogP) is 1.24. The predicted molar refractivity (Wildman–Crippen MR) is 53.0 cm³/mol. The van der Waals surface area contributed by atoms with Crippen LogP contribution in [0.15, 0.2) is 0 Å². The fraction of sp³-hybridized carbons (Fsp3) is 1.00. The van der Waals surface area contributed by atoms with E-state index in [-0.39, 0.29) is 18.3 Å². The third-order valence-electron chi connectivity index (χ3n) is 2.88. The van der Waals surface area contributed by atoms with Gasteiger partial charge in [-0.05, 0) is 20.3 Å². The highest BCUT2D eigenvalue weighted by molar-refractivity contribution is 14.1. The molecule has 3 fully saturated rings. The quantitative estimate of drug-likeness (QED) is 0.497. The Morgan fingerprint density at radius 1 is 1.31 bits per heavy atom. The minimum absolute atomic E-state index is 0.144. The molecule has 3 aliphatic rings. The zero-order valence-corrected chi connectivity index (χ0v) is 9.72. The van der Waals surface area contributed by atoms with E-state index in [0.717, 1.165) is 6.42 Å². The van der Waals surface area contributed by atoms with Crippen LogP contribution in [-0.4, -0.2) is 33.4 Å². The zero-order valence-electron chi connectivity index (χ0n) is 7.57. The van der Waals surface area contributed by atoms with Gasteiger partial charge in [-0.2, -0.15) is 0 Å². The molecular formula is C8H12INO3. The van der Waals surface area contributed by atoms with Gasteiger partial charge in [0.25, 0.3) is 0 Å². The number of nitrogens with zero attached hydrogens (tertiary/aromatic N) is 1. The summed E-state index contributed by atoms with van der Waals surface area (Å²) in [5.74, 6) is -0.433. The molecule has 2 bridgehead atoms. The summed E-state index contributed by atoms with van der Waals surface area (Å²) in [5.41, 5.74) is 0. The lowest BCUT2D eigenvalue weighted by atomic mass is 10.2. The van der Waals surface area contributed by atoms with Gasteiger partial charge in [-0.15, -0.1) is 3.28 Å². The molecular weight excluding hydrogens is 285 g/mol.